The summed E-state index contributed by atoms with van der Waals surface area (Å²) in [5.74, 6) is 1.35. The minimum atomic E-state index is -1.01. The van der Waals surface area contributed by atoms with Crippen LogP contribution in [0, 0.1) is 12.8 Å². The molecular weight excluding hydrogens is 356 g/mol. The second kappa shape index (κ2) is 8.43. The molecule has 1 unspecified atom stereocenters. The van der Waals surface area contributed by atoms with Gasteiger partial charge in [-0.3, -0.25) is 0 Å². The average molecular weight is 384 g/mol. The molecule has 3 heterocycles. The normalized spacial score (nSPS) is 22.1. The molecule has 0 bridgehead atoms. The van der Waals surface area contributed by atoms with Crippen molar-refractivity contribution in [3.63, 3.8) is 0 Å². The van der Waals surface area contributed by atoms with Crippen LogP contribution in [0.3, 0.4) is 0 Å². The molecule has 7 nitrogen and oxygen atoms in total. The third kappa shape index (κ3) is 3.97. The SMILES string of the molecule is CCOC1(OCCC2CCN(c3ccc(C)nn3)CC2)NOc2ccccc21. The molecule has 1 atom stereocenters. The molecule has 1 fully saturated rings. The van der Waals surface area contributed by atoms with Crippen molar-refractivity contribution in [3.8, 4) is 5.75 Å². The van der Waals surface area contributed by atoms with Crippen molar-refractivity contribution in [1.82, 2.24) is 15.7 Å². The molecule has 1 aromatic heterocycles. The lowest BCUT2D eigenvalue weighted by molar-refractivity contribution is -0.286. The van der Waals surface area contributed by atoms with Gasteiger partial charge in [-0.1, -0.05) is 17.6 Å². The van der Waals surface area contributed by atoms with Gasteiger partial charge in [0, 0.05) is 19.7 Å². The lowest BCUT2D eigenvalue weighted by Crippen LogP contribution is -2.44. The van der Waals surface area contributed by atoms with Gasteiger partial charge in [0.05, 0.1) is 17.9 Å². The lowest BCUT2D eigenvalue weighted by atomic mass is 9.94. The van der Waals surface area contributed by atoms with Gasteiger partial charge in [0.1, 0.15) is 0 Å². The molecule has 28 heavy (non-hydrogen) atoms. The first-order valence-electron chi connectivity index (χ1n) is 10.1. The van der Waals surface area contributed by atoms with E-state index in [1.165, 1.54) is 0 Å². The smallest absolute Gasteiger partial charge is 0.290 e. The molecule has 0 saturated carbocycles. The number of nitrogens with zero attached hydrogens (tertiary/aromatic N) is 3. The van der Waals surface area contributed by atoms with E-state index in [-0.39, 0.29) is 0 Å². The van der Waals surface area contributed by atoms with Crippen molar-refractivity contribution in [2.45, 2.75) is 39.0 Å². The second-order valence-electron chi connectivity index (χ2n) is 7.35. The van der Waals surface area contributed by atoms with E-state index in [0.29, 0.717) is 19.1 Å². The van der Waals surface area contributed by atoms with Crippen molar-refractivity contribution >= 4 is 5.82 Å². The number of nitrogens with one attached hydrogen (secondary N) is 1. The van der Waals surface area contributed by atoms with Crippen LogP contribution in [0.5, 0.6) is 5.75 Å². The fourth-order valence-corrected chi connectivity index (χ4v) is 3.84. The molecular formula is C21H28N4O3. The number of hydrogen-bond acceptors (Lipinski definition) is 7. The van der Waals surface area contributed by atoms with Crippen molar-refractivity contribution in [2.75, 3.05) is 31.2 Å². The van der Waals surface area contributed by atoms with Crippen LogP contribution >= 0.6 is 0 Å². The highest BCUT2D eigenvalue weighted by molar-refractivity contribution is 5.39. The van der Waals surface area contributed by atoms with Gasteiger partial charge in [0.15, 0.2) is 11.6 Å². The molecule has 1 saturated heterocycles. The Morgan fingerprint density at radius 1 is 1.14 bits per heavy atom. The number of hydroxylamine groups is 1. The first-order chi connectivity index (χ1) is 13.7. The number of benzene rings is 1. The number of hydrogen-bond donors (Lipinski definition) is 1. The number of aryl methyl sites for hydroxylation is 1. The van der Waals surface area contributed by atoms with Crippen LogP contribution in [0.1, 0.15) is 37.4 Å². The topological polar surface area (TPSA) is 68.7 Å². The third-order valence-corrected chi connectivity index (χ3v) is 5.44. The molecule has 0 amide bonds. The van der Waals surface area contributed by atoms with Gasteiger partial charge in [0.25, 0.3) is 5.91 Å². The number of anilines is 1. The van der Waals surface area contributed by atoms with E-state index >= 15 is 0 Å². The van der Waals surface area contributed by atoms with E-state index in [2.05, 4.69) is 26.6 Å². The maximum Gasteiger partial charge on any atom is 0.290 e. The van der Waals surface area contributed by atoms with Gasteiger partial charge in [0.2, 0.25) is 0 Å². The van der Waals surface area contributed by atoms with E-state index in [4.69, 9.17) is 14.3 Å². The monoisotopic (exact) mass is 384 g/mol. The minimum Gasteiger partial charge on any atom is -0.403 e. The van der Waals surface area contributed by atoms with Gasteiger partial charge in [-0.2, -0.15) is 5.10 Å². The Bertz CT molecular complexity index is 773. The van der Waals surface area contributed by atoms with Crippen molar-refractivity contribution < 1.29 is 14.3 Å². The van der Waals surface area contributed by atoms with Crippen LogP contribution in [-0.4, -0.2) is 36.5 Å². The summed E-state index contributed by atoms with van der Waals surface area (Å²) in [5.41, 5.74) is 4.78. The Labute approximate surface area is 166 Å². The van der Waals surface area contributed by atoms with Crippen LogP contribution in [0.2, 0.25) is 0 Å². The standard InChI is InChI=1S/C21H28N4O3/c1-3-26-21(18-6-4-5-7-19(18)28-24-21)27-15-12-17-10-13-25(14-11-17)20-9-8-16(2)22-23-20/h4-9,17,24H,3,10-15H2,1-2H3. The highest BCUT2D eigenvalue weighted by atomic mass is 16.8. The van der Waals surface area contributed by atoms with Crippen molar-refractivity contribution in [3.05, 3.63) is 47.7 Å². The van der Waals surface area contributed by atoms with Gasteiger partial charge < -0.3 is 19.2 Å². The van der Waals surface area contributed by atoms with E-state index in [0.717, 1.165) is 55.2 Å². The fourth-order valence-electron chi connectivity index (χ4n) is 3.84. The van der Waals surface area contributed by atoms with E-state index < -0.39 is 5.91 Å². The highest BCUT2D eigenvalue weighted by Gasteiger charge is 2.43. The quantitative estimate of drug-likeness (QED) is 0.736. The molecule has 2 aromatic rings. The maximum atomic E-state index is 6.19. The van der Waals surface area contributed by atoms with Crippen LogP contribution in [0.15, 0.2) is 36.4 Å². The fraction of sp³-hybridized carbons (Fsp3) is 0.524. The summed E-state index contributed by atoms with van der Waals surface area (Å²) < 4.78 is 12.1. The summed E-state index contributed by atoms with van der Waals surface area (Å²) in [5, 5.41) is 8.47. The molecule has 2 aliphatic rings. The summed E-state index contributed by atoms with van der Waals surface area (Å²) in [6, 6.07) is 11.9. The first kappa shape index (κ1) is 19.1. The number of ether oxygens (including phenoxy) is 2. The molecule has 0 radical (unpaired) electrons. The molecule has 7 heteroatoms. The zero-order chi connectivity index (χ0) is 19.4. The van der Waals surface area contributed by atoms with Gasteiger partial charge in [-0.15, -0.1) is 5.10 Å². The Morgan fingerprint density at radius 3 is 2.71 bits per heavy atom. The summed E-state index contributed by atoms with van der Waals surface area (Å²) in [6.07, 6.45) is 3.24. The largest absolute Gasteiger partial charge is 0.403 e. The zero-order valence-corrected chi connectivity index (χ0v) is 16.6. The summed E-state index contributed by atoms with van der Waals surface area (Å²) in [6.45, 7) is 7.06. The number of aromatic nitrogens is 2. The first-order valence-corrected chi connectivity index (χ1v) is 10.1. The average Bonchev–Trinajstić information content (AvgIpc) is 3.08. The van der Waals surface area contributed by atoms with Crippen molar-refractivity contribution in [1.29, 1.82) is 0 Å². The number of piperidine rings is 1. The van der Waals surface area contributed by atoms with Crippen molar-refractivity contribution in [2.24, 2.45) is 5.92 Å². The van der Waals surface area contributed by atoms with Gasteiger partial charge in [-0.05, 0) is 63.3 Å². The van der Waals surface area contributed by atoms with Crippen LogP contribution in [0.4, 0.5) is 5.82 Å². The Balaban J connectivity index is 1.29. The zero-order valence-electron chi connectivity index (χ0n) is 16.6. The van der Waals surface area contributed by atoms with E-state index in [1.807, 2.05) is 44.2 Å². The van der Waals surface area contributed by atoms with Crippen LogP contribution in [-0.2, 0) is 15.4 Å². The molecule has 1 N–H and O–H groups in total. The second-order valence-corrected chi connectivity index (χ2v) is 7.35. The Morgan fingerprint density at radius 2 is 1.96 bits per heavy atom. The molecule has 150 valence electrons. The predicted octanol–water partition coefficient (Wildman–Crippen LogP) is 3.15. The summed E-state index contributed by atoms with van der Waals surface area (Å²) in [7, 11) is 0. The van der Waals surface area contributed by atoms with Gasteiger partial charge >= 0.3 is 0 Å². The molecule has 4 rings (SSSR count). The number of rotatable bonds is 7. The third-order valence-electron chi connectivity index (χ3n) is 5.44. The van der Waals surface area contributed by atoms with E-state index in [9.17, 15) is 0 Å². The molecule has 0 aliphatic carbocycles. The lowest BCUT2D eigenvalue weighted by Gasteiger charge is -2.33. The molecule has 1 aromatic carbocycles. The highest BCUT2D eigenvalue weighted by Crippen LogP contribution is 2.37. The number of fused-ring (bicyclic) bond motifs is 1. The van der Waals surface area contributed by atoms with Crippen LogP contribution in [0.25, 0.3) is 0 Å². The van der Waals surface area contributed by atoms with Gasteiger partial charge in [-0.25, -0.2) is 0 Å². The van der Waals surface area contributed by atoms with E-state index in [1.54, 1.807) is 0 Å². The Kier molecular flexibility index (Phi) is 5.75. The van der Waals surface area contributed by atoms with Crippen LogP contribution < -0.4 is 15.2 Å². The number of para-hydroxylation sites is 1. The summed E-state index contributed by atoms with van der Waals surface area (Å²) in [4.78, 5) is 7.88. The summed E-state index contributed by atoms with van der Waals surface area (Å²) >= 11 is 0. The minimum absolute atomic E-state index is 0.528. The Hall–Kier alpha value is -2.22. The molecule has 2 aliphatic heterocycles. The maximum absolute atomic E-state index is 6.19. The predicted molar refractivity (Wildman–Crippen MR) is 106 cm³/mol. The molecule has 0 spiro atoms.